The highest BCUT2D eigenvalue weighted by Gasteiger charge is 2.17. The van der Waals surface area contributed by atoms with Gasteiger partial charge in [-0.15, -0.1) is 0 Å². The van der Waals surface area contributed by atoms with Crippen molar-refractivity contribution in [3.8, 4) is 5.69 Å². The summed E-state index contributed by atoms with van der Waals surface area (Å²) in [5, 5.41) is 0.688. The molecule has 7 heteroatoms. The molecule has 118 valence electrons. The number of benzene rings is 1. The van der Waals surface area contributed by atoms with Gasteiger partial charge >= 0.3 is 5.97 Å². The molecule has 0 atom stereocenters. The fourth-order valence-corrected chi connectivity index (χ4v) is 3.04. The van der Waals surface area contributed by atoms with E-state index in [1.54, 1.807) is 35.2 Å². The van der Waals surface area contributed by atoms with Gasteiger partial charge in [0.25, 0.3) is 0 Å². The van der Waals surface area contributed by atoms with Gasteiger partial charge < -0.3 is 9.15 Å². The molecule has 1 aromatic carbocycles. The van der Waals surface area contributed by atoms with Gasteiger partial charge in [-0.05, 0) is 24.3 Å². The molecule has 0 N–H and O–H groups in total. The second-order valence-electron chi connectivity index (χ2n) is 4.61. The lowest BCUT2D eigenvalue weighted by Crippen LogP contribution is -2.02. The molecule has 2 heterocycles. The summed E-state index contributed by atoms with van der Waals surface area (Å²) in [6, 6.07) is 7.98. The Hall–Kier alpha value is -2.54. The molecule has 0 spiro atoms. The molecule has 2 aromatic heterocycles. The van der Waals surface area contributed by atoms with E-state index in [1.807, 2.05) is 0 Å². The fourth-order valence-electron chi connectivity index (χ4n) is 2.08. The van der Waals surface area contributed by atoms with Gasteiger partial charge in [-0.25, -0.2) is 14.2 Å². The quantitative estimate of drug-likeness (QED) is 0.527. The number of rotatable bonds is 5. The van der Waals surface area contributed by atoms with Crippen molar-refractivity contribution in [1.82, 2.24) is 9.55 Å². The molecular formula is C16H13FN2O3S. The van der Waals surface area contributed by atoms with Crippen LogP contribution in [0.1, 0.15) is 16.1 Å². The van der Waals surface area contributed by atoms with Gasteiger partial charge in [0.05, 0.1) is 19.1 Å². The van der Waals surface area contributed by atoms with Crippen molar-refractivity contribution >= 4 is 17.7 Å². The summed E-state index contributed by atoms with van der Waals surface area (Å²) in [6.07, 6.45) is 4.85. The molecular weight excluding hydrogens is 319 g/mol. The number of aromatic nitrogens is 2. The van der Waals surface area contributed by atoms with E-state index < -0.39 is 5.97 Å². The zero-order valence-electron chi connectivity index (χ0n) is 12.2. The van der Waals surface area contributed by atoms with Gasteiger partial charge in [0.2, 0.25) is 5.76 Å². The van der Waals surface area contributed by atoms with E-state index in [0.29, 0.717) is 16.6 Å². The van der Waals surface area contributed by atoms with Crippen LogP contribution in [0.15, 0.2) is 58.6 Å². The zero-order valence-corrected chi connectivity index (χ0v) is 13.0. The molecule has 5 nitrogen and oxygen atoms in total. The Balaban J connectivity index is 1.79. The Bertz CT molecular complexity index is 828. The van der Waals surface area contributed by atoms with E-state index in [-0.39, 0.29) is 11.6 Å². The number of carbonyl (C=O) groups excluding carboxylic acids is 1. The van der Waals surface area contributed by atoms with E-state index in [0.717, 1.165) is 5.56 Å². The number of nitrogens with zero attached hydrogens (tertiary/aromatic N) is 2. The lowest BCUT2D eigenvalue weighted by Gasteiger charge is -2.07. The van der Waals surface area contributed by atoms with Gasteiger partial charge in [0.15, 0.2) is 5.16 Å². The Morgan fingerprint density at radius 3 is 3.09 bits per heavy atom. The van der Waals surface area contributed by atoms with Crippen LogP contribution < -0.4 is 0 Å². The maximum atomic E-state index is 13.4. The van der Waals surface area contributed by atoms with Crippen molar-refractivity contribution in [2.45, 2.75) is 10.9 Å². The second-order valence-corrected chi connectivity index (χ2v) is 5.56. The van der Waals surface area contributed by atoms with Crippen LogP contribution in [0.4, 0.5) is 4.39 Å². The van der Waals surface area contributed by atoms with Crippen molar-refractivity contribution in [2.24, 2.45) is 0 Å². The number of esters is 1. The number of imidazole rings is 1. The molecule has 0 amide bonds. The number of hydrogen-bond acceptors (Lipinski definition) is 5. The van der Waals surface area contributed by atoms with Crippen LogP contribution in [-0.2, 0) is 10.5 Å². The average molecular weight is 332 g/mol. The number of hydrogen-bond donors (Lipinski definition) is 0. The zero-order chi connectivity index (χ0) is 16.2. The molecule has 0 aliphatic carbocycles. The van der Waals surface area contributed by atoms with Crippen LogP contribution in [0.25, 0.3) is 5.69 Å². The van der Waals surface area contributed by atoms with Crippen LogP contribution in [0, 0.1) is 5.82 Å². The third kappa shape index (κ3) is 3.29. The first kappa shape index (κ1) is 15.4. The standard InChI is InChI=1S/C16H13FN2O3S/c1-21-15(20)14-11(5-8-22-14)10-23-16-18-6-7-19(16)13-4-2-3-12(17)9-13/h2-9H,10H2,1H3. The maximum Gasteiger partial charge on any atom is 0.374 e. The third-order valence-corrected chi connectivity index (χ3v) is 4.18. The number of furan rings is 1. The van der Waals surface area contributed by atoms with Crippen molar-refractivity contribution in [3.63, 3.8) is 0 Å². The predicted molar refractivity (Wildman–Crippen MR) is 83.1 cm³/mol. The molecule has 0 aliphatic rings. The van der Waals surface area contributed by atoms with Crippen LogP contribution in [0.3, 0.4) is 0 Å². The van der Waals surface area contributed by atoms with Crippen LogP contribution >= 0.6 is 11.8 Å². The molecule has 23 heavy (non-hydrogen) atoms. The highest BCUT2D eigenvalue weighted by atomic mass is 32.2. The SMILES string of the molecule is COC(=O)c1occc1CSc1nccn1-c1cccc(F)c1. The minimum atomic E-state index is -0.515. The molecule has 0 radical (unpaired) electrons. The predicted octanol–water partition coefficient (Wildman–Crippen LogP) is 3.68. The summed E-state index contributed by atoms with van der Waals surface area (Å²) in [5.41, 5.74) is 1.40. The largest absolute Gasteiger partial charge is 0.463 e. The summed E-state index contributed by atoms with van der Waals surface area (Å²) < 4.78 is 25.0. The number of ether oxygens (including phenoxy) is 1. The van der Waals surface area contributed by atoms with Crippen molar-refractivity contribution in [1.29, 1.82) is 0 Å². The molecule has 3 rings (SSSR count). The van der Waals surface area contributed by atoms with Crippen molar-refractivity contribution in [2.75, 3.05) is 7.11 Å². The molecule has 0 bridgehead atoms. The highest BCUT2D eigenvalue weighted by molar-refractivity contribution is 7.98. The molecule has 0 saturated carbocycles. The first-order chi connectivity index (χ1) is 11.2. The van der Waals surface area contributed by atoms with Gasteiger partial charge in [-0.3, -0.25) is 4.57 Å². The van der Waals surface area contributed by atoms with Gasteiger partial charge in [0, 0.05) is 23.7 Å². The average Bonchev–Trinajstić information content (AvgIpc) is 3.21. The summed E-state index contributed by atoms with van der Waals surface area (Å²) in [6.45, 7) is 0. The van der Waals surface area contributed by atoms with E-state index >= 15 is 0 Å². The number of methoxy groups -OCH3 is 1. The molecule has 0 fully saturated rings. The van der Waals surface area contributed by atoms with E-state index in [9.17, 15) is 9.18 Å². The third-order valence-electron chi connectivity index (χ3n) is 3.17. The van der Waals surface area contributed by atoms with Crippen molar-refractivity contribution in [3.05, 3.63) is 66.1 Å². The number of thioether (sulfide) groups is 1. The van der Waals surface area contributed by atoms with Gasteiger partial charge in [-0.1, -0.05) is 17.8 Å². The molecule has 0 unspecified atom stereocenters. The smallest absolute Gasteiger partial charge is 0.374 e. The Morgan fingerprint density at radius 1 is 1.43 bits per heavy atom. The van der Waals surface area contributed by atoms with Crippen LogP contribution in [0.2, 0.25) is 0 Å². The fraction of sp³-hybridized carbons (Fsp3) is 0.125. The first-order valence-corrected chi connectivity index (χ1v) is 7.74. The minimum Gasteiger partial charge on any atom is -0.463 e. The Labute approximate surface area is 136 Å². The Kier molecular flexibility index (Phi) is 4.47. The lowest BCUT2D eigenvalue weighted by atomic mass is 10.3. The summed E-state index contributed by atoms with van der Waals surface area (Å²) in [4.78, 5) is 15.9. The first-order valence-electron chi connectivity index (χ1n) is 6.76. The van der Waals surface area contributed by atoms with Gasteiger partial charge in [0.1, 0.15) is 5.82 Å². The summed E-state index contributed by atoms with van der Waals surface area (Å²) >= 11 is 1.42. The summed E-state index contributed by atoms with van der Waals surface area (Å²) in [5.74, 6) is -0.161. The molecule has 0 saturated heterocycles. The lowest BCUT2D eigenvalue weighted by molar-refractivity contribution is 0.0564. The second kappa shape index (κ2) is 6.70. The monoisotopic (exact) mass is 332 g/mol. The highest BCUT2D eigenvalue weighted by Crippen LogP contribution is 2.26. The van der Waals surface area contributed by atoms with Gasteiger partial charge in [-0.2, -0.15) is 0 Å². The molecule has 3 aromatic rings. The van der Waals surface area contributed by atoms with Crippen LogP contribution in [0.5, 0.6) is 0 Å². The topological polar surface area (TPSA) is 57.3 Å². The van der Waals surface area contributed by atoms with E-state index in [4.69, 9.17) is 4.42 Å². The van der Waals surface area contributed by atoms with E-state index in [2.05, 4.69) is 9.72 Å². The minimum absolute atomic E-state index is 0.184. The molecule has 0 aliphatic heterocycles. The number of halogens is 1. The number of carbonyl (C=O) groups is 1. The van der Waals surface area contributed by atoms with Crippen LogP contribution in [-0.4, -0.2) is 22.6 Å². The van der Waals surface area contributed by atoms with Crippen molar-refractivity contribution < 1.29 is 18.3 Å². The summed E-state index contributed by atoms with van der Waals surface area (Å²) in [7, 11) is 1.30. The Morgan fingerprint density at radius 2 is 2.30 bits per heavy atom. The van der Waals surface area contributed by atoms with E-state index in [1.165, 1.54) is 37.3 Å². The normalized spacial score (nSPS) is 10.7. The maximum absolute atomic E-state index is 13.4.